The molecule has 2 heterocycles. The van der Waals surface area contributed by atoms with E-state index in [4.69, 9.17) is 16.0 Å². The number of para-hydroxylation sites is 1. The van der Waals surface area contributed by atoms with E-state index in [0.29, 0.717) is 27.6 Å². The number of rotatable bonds is 4. The maximum absolute atomic E-state index is 12.0. The van der Waals surface area contributed by atoms with E-state index in [0.717, 1.165) is 16.6 Å². The third-order valence-corrected chi connectivity index (χ3v) is 4.67. The Morgan fingerprint density at radius 2 is 1.82 bits per heavy atom. The molecule has 0 atom stereocenters. The lowest BCUT2D eigenvalue weighted by Gasteiger charge is -2.07. The molecule has 0 spiro atoms. The Kier molecular flexibility index (Phi) is 4.72. The monoisotopic (exact) mass is 389 g/mol. The van der Waals surface area contributed by atoms with E-state index >= 15 is 0 Å². The molecule has 2 aromatic carbocycles. The van der Waals surface area contributed by atoms with E-state index in [2.05, 4.69) is 4.98 Å². The number of halogens is 1. The van der Waals surface area contributed by atoms with Gasteiger partial charge in [-0.3, -0.25) is 4.98 Å². The third kappa shape index (κ3) is 3.55. The molecule has 0 amide bonds. The van der Waals surface area contributed by atoms with Crippen LogP contribution in [0.3, 0.4) is 0 Å². The molecule has 0 fully saturated rings. The number of hydrogen-bond donors (Lipinski definition) is 1. The van der Waals surface area contributed by atoms with Gasteiger partial charge in [-0.1, -0.05) is 35.9 Å². The minimum atomic E-state index is -1.04. The van der Waals surface area contributed by atoms with Crippen molar-refractivity contribution in [1.82, 2.24) is 4.98 Å². The van der Waals surface area contributed by atoms with Gasteiger partial charge in [0.1, 0.15) is 11.5 Å². The number of nitrogens with zero attached hydrogens (tertiary/aromatic N) is 1. The highest BCUT2D eigenvalue weighted by molar-refractivity contribution is 6.30. The van der Waals surface area contributed by atoms with Crippen LogP contribution in [0.4, 0.5) is 0 Å². The molecular weight excluding hydrogens is 374 g/mol. The minimum Gasteiger partial charge on any atom is -0.478 e. The van der Waals surface area contributed by atoms with Crippen molar-refractivity contribution in [3.8, 4) is 11.3 Å². The summed E-state index contributed by atoms with van der Waals surface area (Å²) in [6, 6.07) is 20.2. The molecule has 0 saturated carbocycles. The van der Waals surface area contributed by atoms with Crippen molar-refractivity contribution in [1.29, 1.82) is 0 Å². The molecule has 4 aromatic rings. The van der Waals surface area contributed by atoms with Gasteiger partial charge < -0.3 is 9.52 Å². The lowest BCUT2D eigenvalue weighted by molar-refractivity contribution is -0.130. The number of carbonyl (C=O) groups is 1. The first kappa shape index (κ1) is 18.0. The van der Waals surface area contributed by atoms with Crippen LogP contribution in [0.2, 0.25) is 5.02 Å². The quantitative estimate of drug-likeness (QED) is 0.429. The largest absolute Gasteiger partial charge is 0.478 e. The summed E-state index contributed by atoms with van der Waals surface area (Å²) in [6.07, 6.45) is 1.53. The highest BCUT2D eigenvalue weighted by Gasteiger charge is 2.16. The van der Waals surface area contributed by atoms with Crippen molar-refractivity contribution in [3.05, 3.63) is 88.8 Å². The predicted octanol–water partition coefficient (Wildman–Crippen LogP) is 6.08. The molecule has 4 rings (SSSR count). The number of aryl methyl sites for hydroxylation is 1. The van der Waals surface area contributed by atoms with Crippen molar-refractivity contribution in [2.75, 3.05) is 0 Å². The van der Waals surface area contributed by atoms with Crippen molar-refractivity contribution in [2.24, 2.45) is 0 Å². The number of pyridine rings is 1. The van der Waals surface area contributed by atoms with Crippen LogP contribution in [0.25, 0.3) is 33.9 Å². The summed E-state index contributed by atoms with van der Waals surface area (Å²) in [5.41, 5.74) is 3.02. The second-order valence-corrected chi connectivity index (χ2v) is 6.84. The summed E-state index contributed by atoms with van der Waals surface area (Å²) in [6.45, 7) is 1.88. The van der Waals surface area contributed by atoms with E-state index in [-0.39, 0.29) is 5.57 Å². The van der Waals surface area contributed by atoms with Gasteiger partial charge >= 0.3 is 5.97 Å². The Labute approximate surface area is 166 Å². The third-order valence-electron chi connectivity index (χ3n) is 4.42. The Balaban J connectivity index is 1.80. The number of hydrogen-bond acceptors (Lipinski definition) is 3. The summed E-state index contributed by atoms with van der Waals surface area (Å²) < 4.78 is 5.84. The first-order valence-electron chi connectivity index (χ1n) is 8.69. The molecule has 0 bridgehead atoms. The fraction of sp³-hybridized carbons (Fsp3) is 0.0435. The number of carboxylic acids is 1. The number of aliphatic carboxylic acids is 1. The smallest absolute Gasteiger partial charge is 0.336 e. The zero-order valence-corrected chi connectivity index (χ0v) is 15.8. The lowest BCUT2D eigenvalue weighted by Crippen LogP contribution is -2.01. The van der Waals surface area contributed by atoms with Gasteiger partial charge in [-0.25, -0.2) is 4.79 Å². The number of furan rings is 1. The first-order valence-corrected chi connectivity index (χ1v) is 9.06. The summed E-state index contributed by atoms with van der Waals surface area (Å²) >= 11 is 5.92. The van der Waals surface area contributed by atoms with Crippen molar-refractivity contribution < 1.29 is 14.3 Å². The molecule has 2 aromatic heterocycles. The standard InChI is InChI=1S/C23H16ClNO3/c1-14-5-6-16-3-2-4-19(22(16)25-14)20(23(26)27)13-18-11-12-21(28-18)15-7-9-17(24)10-8-15/h2-13H,1H3,(H,26,27)/b20-13-. The van der Waals surface area contributed by atoms with E-state index in [9.17, 15) is 9.90 Å². The number of benzene rings is 2. The van der Waals surface area contributed by atoms with Gasteiger partial charge in [0, 0.05) is 27.2 Å². The molecule has 138 valence electrons. The highest BCUT2D eigenvalue weighted by Crippen LogP contribution is 2.29. The van der Waals surface area contributed by atoms with Crippen LogP contribution in [-0.4, -0.2) is 16.1 Å². The zero-order valence-electron chi connectivity index (χ0n) is 15.0. The molecule has 4 nitrogen and oxygen atoms in total. The van der Waals surface area contributed by atoms with Gasteiger partial charge in [0.25, 0.3) is 0 Å². The van der Waals surface area contributed by atoms with Crippen LogP contribution in [0.1, 0.15) is 17.0 Å². The van der Waals surface area contributed by atoms with Crippen LogP contribution in [0.5, 0.6) is 0 Å². The van der Waals surface area contributed by atoms with E-state index in [1.807, 2.05) is 43.3 Å². The maximum Gasteiger partial charge on any atom is 0.336 e. The van der Waals surface area contributed by atoms with Gasteiger partial charge in [-0.05, 0) is 55.5 Å². The van der Waals surface area contributed by atoms with Crippen LogP contribution < -0.4 is 0 Å². The van der Waals surface area contributed by atoms with E-state index in [1.165, 1.54) is 6.08 Å². The van der Waals surface area contributed by atoms with Gasteiger partial charge in [-0.2, -0.15) is 0 Å². The Morgan fingerprint density at radius 1 is 1.04 bits per heavy atom. The van der Waals surface area contributed by atoms with Crippen molar-refractivity contribution in [2.45, 2.75) is 6.92 Å². The topological polar surface area (TPSA) is 63.3 Å². The average molecular weight is 390 g/mol. The van der Waals surface area contributed by atoms with Crippen LogP contribution >= 0.6 is 11.6 Å². The van der Waals surface area contributed by atoms with Crippen LogP contribution in [0.15, 0.2) is 71.1 Å². The van der Waals surface area contributed by atoms with Gasteiger partial charge in [-0.15, -0.1) is 0 Å². The molecule has 0 aliphatic rings. The lowest BCUT2D eigenvalue weighted by atomic mass is 10.0. The molecule has 0 aliphatic carbocycles. The number of aromatic nitrogens is 1. The zero-order chi connectivity index (χ0) is 19.7. The Hall–Kier alpha value is -3.37. The van der Waals surface area contributed by atoms with E-state index < -0.39 is 5.97 Å². The SMILES string of the molecule is Cc1ccc2cccc(/C(=C/c3ccc(-c4ccc(Cl)cc4)o3)C(=O)O)c2n1. The van der Waals surface area contributed by atoms with Crippen LogP contribution in [-0.2, 0) is 4.79 Å². The summed E-state index contributed by atoms with van der Waals surface area (Å²) in [4.78, 5) is 16.5. The predicted molar refractivity (Wildman–Crippen MR) is 111 cm³/mol. The summed E-state index contributed by atoms with van der Waals surface area (Å²) in [7, 11) is 0. The molecule has 0 aliphatic heterocycles. The van der Waals surface area contributed by atoms with Gasteiger partial charge in [0.05, 0.1) is 11.1 Å². The maximum atomic E-state index is 12.0. The first-order chi connectivity index (χ1) is 13.5. The highest BCUT2D eigenvalue weighted by atomic mass is 35.5. The average Bonchev–Trinajstić information content (AvgIpc) is 3.15. The van der Waals surface area contributed by atoms with Crippen molar-refractivity contribution in [3.63, 3.8) is 0 Å². The Morgan fingerprint density at radius 3 is 2.57 bits per heavy atom. The van der Waals surface area contributed by atoms with Crippen molar-refractivity contribution >= 4 is 40.1 Å². The molecule has 28 heavy (non-hydrogen) atoms. The van der Waals surface area contributed by atoms with E-state index in [1.54, 1.807) is 30.3 Å². The molecular formula is C23H16ClNO3. The van der Waals surface area contributed by atoms with Gasteiger partial charge in [0.2, 0.25) is 0 Å². The molecule has 0 radical (unpaired) electrons. The fourth-order valence-corrected chi connectivity index (χ4v) is 3.18. The minimum absolute atomic E-state index is 0.126. The summed E-state index contributed by atoms with van der Waals surface area (Å²) in [5, 5.41) is 11.3. The normalized spacial score (nSPS) is 11.7. The fourth-order valence-electron chi connectivity index (χ4n) is 3.06. The summed E-state index contributed by atoms with van der Waals surface area (Å²) in [5.74, 6) is 0.0480. The molecule has 5 heteroatoms. The molecule has 0 saturated heterocycles. The van der Waals surface area contributed by atoms with Crippen LogP contribution in [0, 0.1) is 6.92 Å². The second-order valence-electron chi connectivity index (χ2n) is 6.40. The number of fused-ring (bicyclic) bond motifs is 1. The Bertz CT molecular complexity index is 1210. The number of carboxylic acid groups (broad SMARTS) is 1. The molecule has 0 unspecified atom stereocenters. The van der Waals surface area contributed by atoms with Gasteiger partial charge in [0.15, 0.2) is 0 Å². The second kappa shape index (κ2) is 7.33. The molecule has 1 N–H and O–H groups in total.